The van der Waals surface area contributed by atoms with Gasteiger partial charge in [-0.25, -0.2) is 0 Å². The van der Waals surface area contributed by atoms with Gasteiger partial charge in [0.25, 0.3) is 0 Å². The van der Waals surface area contributed by atoms with Gasteiger partial charge in [-0.1, -0.05) is 0 Å². The molecule has 0 radical (unpaired) electrons. The third-order valence-corrected chi connectivity index (χ3v) is 63.6. The molecular formula is C44H53Cl2SiZr. The third-order valence-electron chi connectivity index (χ3n) is 11.9. The molecule has 6 rings (SSSR count). The molecule has 0 aliphatic heterocycles. The monoisotopic (exact) mass is 769 g/mol. The summed E-state index contributed by atoms with van der Waals surface area (Å²) in [5, 5.41) is 0. The Kier molecular flexibility index (Phi) is 9.46. The molecule has 2 aliphatic rings. The Morgan fingerprint density at radius 1 is 0.562 bits per heavy atom. The summed E-state index contributed by atoms with van der Waals surface area (Å²) in [4.78, 5) is 0. The van der Waals surface area contributed by atoms with Crippen LogP contribution in [-0.2, 0) is 15.6 Å². The summed E-state index contributed by atoms with van der Waals surface area (Å²) in [6.07, 6.45) is 5.02. The van der Waals surface area contributed by atoms with Crippen molar-refractivity contribution in [2.45, 2.75) is 89.6 Å². The van der Waals surface area contributed by atoms with Crippen LogP contribution in [0.1, 0.15) is 90.6 Å². The molecule has 0 saturated heterocycles. The number of rotatable bonds is 7. The topological polar surface area (TPSA) is 0 Å². The number of hydrogen-bond donors (Lipinski definition) is 0. The van der Waals surface area contributed by atoms with Crippen LogP contribution in [0.5, 0.6) is 0 Å². The molecule has 0 spiro atoms. The summed E-state index contributed by atoms with van der Waals surface area (Å²) in [5.41, 5.74) is 21.5. The van der Waals surface area contributed by atoms with Crippen LogP contribution in [0.3, 0.4) is 0 Å². The van der Waals surface area contributed by atoms with Crippen molar-refractivity contribution in [3.63, 3.8) is 0 Å². The molecule has 0 N–H and O–H groups in total. The standard InChI is InChI=1S/2C21H23.C2H7Si.2ClH.Zr/c2*1-13(2)18-11-17-7-6-8-19(21(17)12-18)20-10-14(3)9-15(4)16(20)5;1-3-2;;;/h2*6-13H,1-5H3;3H,1-2H3;2*1H;/q;;;;;+2/p-2. The first-order chi connectivity index (χ1) is 22.5. The fourth-order valence-electron chi connectivity index (χ4n) is 9.02. The van der Waals surface area contributed by atoms with Crippen LogP contribution in [0.25, 0.3) is 34.4 Å². The van der Waals surface area contributed by atoms with E-state index in [1.54, 1.807) is 0 Å². The number of fused-ring (bicyclic) bond motifs is 2. The number of benzene rings is 4. The first kappa shape index (κ1) is 35.9. The van der Waals surface area contributed by atoms with E-state index in [0.717, 1.165) is 0 Å². The van der Waals surface area contributed by atoms with Gasteiger partial charge in [0.15, 0.2) is 0 Å². The number of allylic oxidation sites excluding steroid dienone is 2. The van der Waals surface area contributed by atoms with Crippen LogP contribution in [0.2, 0.25) is 13.1 Å². The van der Waals surface area contributed by atoms with Gasteiger partial charge in [0.1, 0.15) is 0 Å². The van der Waals surface area contributed by atoms with E-state index in [0.29, 0.717) is 11.8 Å². The van der Waals surface area contributed by atoms with E-state index in [4.69, 9.17) is 17.0 Å². The second kappa shape index (κ2) is 12.7. The van der Waals surface area contributed by atoms with Crippen molar-refractivity contribution in [3.05, 3.63) is 127 Å². The average molecular weight is 772 g/mol. The molecule has 4 aromatic rings. The van der Waals surface area contributed by atoms with Crippen LogP contribution < -0.4 is 0 Å². The quantitative estimate of drug-likeness (QED) is 0.164. The summed E-state index contributed by atoms with van der Waals surface area (Å²) >= 11 is -4.91. The van der Waals surface area contributed by atoms with Gasteiger partial charge >= 0.3 is 302 Å². The Labute approximate surface area is 299 Å². The van der Waals surface area contributed by atoms with Crippen molar-refractivity contribution in [2.24, 2.45) is 11.8 Å². The molecule has 0 amide bonds. The van der Waals surface area contributed by atoms with Gasteiger partial charge < -0.3 is 0 Å². The number of halogens is 2. The Hall–Kier alpha value is -1.96. The molecule has 251 valence electrons. The zero-order chi connectivity index (χ0) is 35.1. The first-order valence-electron chi connectivity index (χ1n) is 17.9. The molecule has 2 aliphatic carbocycles. The van der Waals surface area contributed by atoms with E-state index in [2.05, 4.69) is 155 Å². The summed E-state index contributed by atoms with van der Waals surface area (Å²) in [7, 11) is 17.6. The normalized spacial score (nSPS) is 18.2. The molecule has 4 heteroatoms. The molecule has 48 heavy (non-hydrogen) atoms. The van der Waals surface area contributed by atoms with E-state index in [1.165, 1.54) is 89.0 Å². The van der Waals surface area contributed by atoms with E-state index in [-0.39, 0.29) is 7.25 Å². The second-order valence-corrected chi connectivity index (χ2v) is 58.5. The van der Waals surface area contributed by atoms with Gasteiger partial charge in [0.2, 0.25) is 0 Å². The van der Waals surface area contributed by atoms with Crippen molar-refractivity contribution in [2.75, 3.05) is 0 Å². The van der Waals surface area contributed by atoms with Gasteiger partial charge in [-0.3, -0.25) is 0 Å². The Morgan fingerprint density at radius 2 is 0.938 bits per heavy atom. The predicted octanol–water partition coefficient (Wildman–Crippen LogP) is 13.7. The van der Waals surface area contributed by atoms with Gasteiger partial charge in [-0.15, -0.1) is 0 Å². The second-order valence-electron chi connectivity index (χ2n) is 16.0. The van der Waals surface area contributed by atoms with Crippen molar-refractivity contribution >= 4 is 35.1 Å². The minimum absolute atomic E-state index is 0.0762. The van der Waals surface area contributed by atoms with Crippen LogP contribution in [-0.4, -0.2) is 5.92 Å². The number of hydrogen-bond acceptors (Lipinski definition) is 0. The van der Waals surface area contributed by atoms with Crippen LogP contribution in [0.4, 0.5) is 0 Å². The van der Waals surface area contributed by atoms with E-state index in [9.17, 15) is 0 Å². The zero-order valence-corrected chi connectivity index (χ0v) is 36.2. The first-order valence-corrected chi connectivity index (χ1v) is 34.2. The summed E-state index contributed by atoms with van der Waals surface area (Å²) in [6, 6.07) is 23.2. The Balaban J connectivity index is 1.65. The molecular weight excluding hydrogens is 719 g/mol. The van der Waals surface area contributed by atoms with Crippen LogP contribution in [0, 0.1) is 53.4 Å². The number of aryl methyl sites for hydroxylation is 4. The van der Waals surface area contributed by atoms with Crippen molar-refractivity contribution in [1.82, 2.24) is 0 Å². The molecule has 2 unspecified atom stereocenters. The van der Waals surface area contributed by atoms with Crippen LogP contribution >= 0.6 is 17.0 Å². The fraction of sp³-hybridized carbons (Fsp3) is 0.364. The zero-order valence-electron chi connectivity index (χ0n) is 31.1. The Morgan fingerprint density at radius 3 is 1.27 bits per heavy atom. The predicted molar refractivity (Wildman–Crippen MR) is 214 cm³/mol. The summed E-state index contributed by atoms with van der Waals surface area (Å²) in [5.74, 6) is -0.995. The minimum atomic E-state index is -4.91. The van der Waals surface area contributed by atoms with Crippen LogP contribution in [0.15, 0.2) is 71.8 Å². The molecule has 0 nitrogen and oxygen atoms in total. The molecule has 0 bridgehead atoms. The van der Waals surface area contributed by atoms with Crippen molar-refractivity contribution in [1.29, 1.82) is 0 Å². The van der Waals surface area contributed by atoms with E-state index < -0.39 is 21.5 Å². The Bertz CT molecular complexity index is 1890. The van der Waals surface area contributed by atoms with Crippen molar-refractivity contribution < 1.29 is 15.6 Å². The maximum absolute atomic E-state index is 8.79. The molecule has 0 saturated carbocycles. The molecule has 0 heterocycles. The average Bonchev–Trinajstić information content (AvgIpc) is 3.62. The molecule has 2 atom stereocenters. The third kappa shape index (κ3) is 5.48. The maximum atomic E-state index is 8.79. The molecule has 4 aromatic carbocycles. The van der Waals surface area contributed by atoms with Gasteiger partial charge in [-0.2, -0.15) is 0 Å². The van der Waals surface area contributed by atoms with E-state index in [1.807, 2.05) is 0 Å². The van der Waals surface area contributed by atoms with Crippen molar-refractivity contribution in [3.8, 4) is 22.3 Å². The summed E-state index contributed by atoms with van der Waals surface area (Å²) in [6.45, 7) is 27.7. The molecule has 0 aromatic heterocycles. The van der Waals surface area contributed by atoms with Gasteiger partial charge in [0, 0.05) is 0 Å². The van der Waals surface area contributed by atoms with Gasteiger partial charge in [0.05, 0.1) is 0 Å². The molecule has 0 fully saturated rings. The SMILES string of the molecule is Cc1cc(C)c(C)c(-c2cccc3c2C=C(C(C)C)[CH]3[Zr]([Cl])([Cl])([CH]2C(C(C)C)=Cc3c(-c4cc(C)cc(C)c4C)cccc32)[SiH](C)C)c1. The summed E-state index contributed by atoms with van der Waals surface area (Å²) < 4.78 is 0.152. The fourth-order valence-corrected chi connectivity index (χ4v) is 40.5. The van der Waals surface area contributed by atoms with Gasteiger partial charge in [-0.05, 0) is 0 Å². The van der Waals surface area contributed by atoms with E-state index >= 15 is 0 Å².